The molecular weight excluding hydrogens is 406 g/mol. The van der Waals surface area contributed by atoms with Gasteiger partial charge in [-0.25, -0.2) is 4.79 Å². The normalized spacial score (nSPS) is 10.9. The van der Waals surface area contributed by atoms with Crippen LogP contribution in [-0.2, 0) is 16.0 Å². The number of benzene rings is 2. The van der Waals surface area contributed by atoms with Gasteiger partial charge in [0.25, 0.3) is 0 Å². The third kappa shape index (κ3) is 4.94. The van der Waals surface area contributed by atoms with Crippen molar-refractivity contribution < 1.29 is 14.3 Å². The van der Waals surface area contributed by atoms with Gasteiger partial charge in [0.2, 0.25) is 5.91 Å². The number of carbonyl (C=O) groups is 2. The van der Waals surface area contributed by atoms with Crippen LogP contribution in [0.1, 0.15) is 28.4 Å². The molecule has 0 aliphatic heterocycles. The average Bonchev–Trinajstić information content (AvgIpc) is 3.16. The Kier molecular flexibility index (Phi) is 6.86. The predicted molar refractivity (Wildman–Crippen MR) is 120 cm³/mol. The number of hydrogen-bond donors (Lipinski definition) is 1. The summed E-state index contributed by atoms with van der Waals surface area (Å²) >= 11 is 7.39. The molecule has 1 aromatic heterocycles. The van der Waals surface area contributed by atoms with E-state index < -0.39 is 5.97 Å². The predicted octanol–water partition coefficient (Wildman–Crippen LogP) is 6.07. The van der Waals surface area contributed by atoms with Crippen LogP contribution >= 0.6 is 22.9 Å². The Labute approximate surface area is 178 Å². The maximum atomic E-state index is 12.4. The second-order valence-corrected chi connectivity index (χ2v) is 7.53. The van der Waals surface area contributed by atoms with E-state index in [1.54, 1.807) is 12.1 Å². The molecule has 1 N–H and O–H groups in total. The van der Waals surface area contributed by atoms with E-state index >= 15 is 0 Å². The molecule has 0 radical (unpaired) electrons. The molecule has 0 atom stereocenters. The second-order valence-electron chi connectivity index (χ2n) is 6.24. The van der Waals surface area contributed by atoms with Crippen LogP contribution in [0, 0.1) is 0 Å². The summed E-state index contributed by atoms with van der Waals surface area (Å²) in [5.41, 5.74) is 3.92. The first-order valence-corrected chi connectivity index (χ1v) is 10.3. The monoisotopic (exact) mass is 425 g/mol. The van der Waals surface area contributed by atoms with Gasteiger partial charge in [-0.05, 0) is 35.3 Å². The lowest BCUT2D eigenvalue weighted by molar-refractivity contribution is -0.111. The van der Waals surface area contributed by atoms with Crippen molar-refractivity contribution in [1.82, 2.24) is 0 Å². The van der Waals surface area contributed by atoms with Crippen molar-refractivity contribution in [3.8, 4) is 11.1 Å². The third-order valence-corrected chi connectivity index (χ3v) is 5.65. The Hall–Kier alpha value is -2.89. The number of nitrogens with one attached hydrogen (secondary N) is 1. The summed E-state index contributed by atoms with van der Waals surface area (Å²) in [6.45, 7) is 2.09. The van der Waals surface area contributed by atoms with Crippen molar-refractivity contribution in [2.24, 2.45) is 0 Å². The lowest BCUT2D eigenvalue weighted by Crippen LogP contribution is -2.11. The van der Waals surface area contributed by atoms with Crippen molar-refractivity contribution >= 4 is 45.9 Å². The molecule has 148 valence electrons. The van der Waals surface area contributed by atoms with Gasteiger partial charge in [-0.15, -0.1) is 11.3 Å². The van der Waals surface area contributed by atoms with Gasteiger partial charge < -0.3 is 10.1 Å². The number of thiophene rings is 1. The van der Waals surface area contributed by atoms with Crippen LogP contribution in [-0.4, -0.2) is 19.0 Å². The topological polar surface area (TPSA) is 55.4 Å². The fourth-order valence-electron chi connectivity index (χ4n) is 2.82. The molecule has 0 bridgehead atoms. The van der Waals surface area contributed by atoms with Gasteiger partial charge in [-0.3, -0.25) is 4.79 Å². The summed E-state index contributed by atoms with van der Waals surface area (Å²) < 4.78 is 4.95. The quantitative estimate of drug-likeness (QED) is 0.385. The largest absolute Gasteiger partial charge is 0.465 e. The highest BCUT2D eigenvalue weighted by Crippen LogP contribution is 2.36. The van der Waals surface area contributed by atoms with Gasteiger partial charge in [0.05, 0.1) is 7.11 Å². The standard InChI is InChI=1S/C23H20ClNO3S/c1-3-15-8-10-16(11-9-15)18-14-29-22(21(18)23(27)28-2)25-20(26)13-12-17-6-4-5-7-19(17)24/h4-14H,3H2,1-2H3,(H,25,26)/b13-12+. The van der Waals surface area contributed by atoms with Crippen molar-refractivity contribution in [3.05, 3.63) is 81.7 Å². The average molecular weight is 426 g/mol. The molecule has 3 rings (SSSR count). The molecule has 29 heavy (non-hydrogen) atoms. The van der Waals surface area contributed by atoms with E-state index in [2.05, 4.69) is 12.2 Å². The lowest BCUT2D eigenvalue weighted by atomic mass is 10.0. The van der Waals surface area contributed by atoms with Crippen LogP contribution in [0.3, 0.4) is 0 Å². The summed E-state index contributed by atoms with van der Waals surface area (Å²) in [5, 5.41) is 5.63. The van der Waals surface area contributed by atoms with E-state index in [4.69, 9.17) is 16.3 Å². The Morgan fingerprint density at radius 3 is 2.52 bits per heavy atom. The van der Waals surface area contributed by atoms with Crippen LogP contribution in [0.25, 0.3) is 17.2 Å². The number of amides is 1. The Morgan fingerprint density at radius 1 is 1.14 bits per heavy atom. The molecule has 1 heterocycles. The Morgan fingerprint density at radius 2 is 1.86 bits per heavy atom. The van der Waals surface area contributed by atoms with E-state index in [9.17, 15) is 9.59 Å². The third-order valence-electron chi connectivity index (χ3n) is 4.41. The van der Waals surface area contributed by atoms with Crippen molar-refractivity contribution in [3.63, 3.8) is 0 Å². The zero-order valence-corrected chi connectivity index (χ0v) is 17.6. The lowest BCUT2D eigenvalue weighted by Gasteiger charge is -2.07. The fraction of sp³-hybridized carbons (Fsp3) is 0.130. The second kappa shape index (κ2) is 9.54. The Bertz CT molecular complexity index is 1050. The first-order valence-electron chi connectivity index (χ1n) is 9.06. The summed E-state index contributed by atoms with van der Waals surface area (Å²) in [6, 6.07) is 15.2. The highest BCUT2D eigenvalue weighted by atomic mass is 35.5. The number of rotatable bonds is 6. The van der Waals surface area contributed by atoms with Gasteiger partial charge in [0.15, 0.2) is 0 Å². The van der Waals surface area contributed by atoms with E-state index in [1.807, 2.05) is 47.8 Å². The molecule has 6 heteroatoms. The van der Waals surface area contributed by atoms with Gasteiger partial charge in [0, 0.05) is 22.0 Å². The molecule has 1 amide bonds. The number of hydrogen-bond acceptors (Lipinski definition) is 4. The summed E-state index contributed by atoms with van der Waals surface area (Å²) in [5.74, 6) is -0.851. The number of esters is 1. The van der Waals surface area contributed by atoms with E-state index in [-0.39, 0.29) is 5.91 Å². The van der Waals surface area contributed by atoms with Crippen molar-refractivity contribution in [2.45, 2.75) is 13.3 Å². The van der Waals surface area contributed by atoms with Crippen LogP contribution in [0.5, 0.6) is 0 Å². The minimum Gasteiger partial charge on any atom is -0.465 e. The summed E-state index contributed by atoms with van der Waals surface area (Å²) in [6.07, 6.45) is 3.96. The molecule has 0 unspecified atom stereocenters. The maximum Gasteiger partial charge on any atom is 0.341 e. The molecule has 0 aliphatic carbocycles. The van der Waals surface area contributed by atoms with E-state index in [0.29, 0.717) is 15.6 Å². The van der Waals surface area contributed by atoms with Gasteiger partial charge in [0.1, 0.15) is 10.6 Å². The minimum atomic E-state index is -0.494. The number of anilines is 1. The minimum absolute atomic E-state index is 0.348. The van der Waals surface area contributed by atoms with Crippen LogP contribution in [0.4, 0.5) is 5.00 Å². The maximum absolute atomic E-state index is 12.4. The molecular formula is C23H20ClNO3S. The van der Waals surface area contributed by atoms with E-state index in [1.165, 1.54) is 30.1 Å². The zero-order valence-electron chi connectivity index (χ0n) is 16.1. The number of carbonyl (C=O) groups excluding carboxylic acids is 2. The molecule has 0 spiro atoms. The van der Waals surface area contributed by atoms with Crippen LogP contribution in [0.15, 0.2) is 60.0 Å². The van der Waals surface area contributed by atoms with E-state index in [0.717, 1.165) is 23.1 Å². The first kappa shape index (κ1) is 20.8. The highest BCUT2D eigenvalue weighted by Gasteiger charge is 2.21. The zero-order chi connectivity index (χ0) is 20.8. The number of halogens is 1. The molecule has 3 aromatic rings. The number of methoxy groups -OCH3 is 1. The number of ether oxygens (including phenoxy) is 1. The number of aryl methyl sites for hydroxylation is 1. The van der Waals surface area contributed by atoms with Gasteiger partial charge in [-0.1, -0.05) is 61.0 Å². The van der Waals surface area contributed by atoms with Crippen molar-refractivity contribution in [2.75, 3.05) is 12.4 Å². The SMILES string of the molecule is CCc1ccc(-c2csc(NC(=O)/C=C/c3ccccc3Cl)c2C(=O)OC)cc1. The van der Waals surface area contributed by atoms with Crippen LogP contribution in [0.2, 0.25) is 5.02 Å². The highest BCUT2D eigenvalue weighted by molar-refractivity contribution is 7.15. The molecule has 0 saturated heterocycles. The van der Waals surface area contributed by atoms with Gasteiger partial charge in [-0.2, -0.15) is 0 Å². The molecule has 2 aromatic carbocycles. The van der Waals surface area contributed by atoms with Crippen LogP contribution < -0.4 is 5.32 Å². The molecule has 0 fully saturated rings. The first-order chi connectivity index (χ1) is 14.0. The fourth-order valence-corrected chi connectivity index (χ4v) is 3.98. The summed E-state index contributed by atoms with van der Waals surface area (Å²) in [7, 11) is 1.33. The van der Waals surface area contributed by atoms with Gasteiger partial charge >= 0.3 is 5.97 Å². The molecule has 0 aliphatic rings. The smallest absolute Gasteiger partial charge is 0.341 e. The Balaban J connectivity index is 1.87. The van der Waals surface area contributed by atoms with Crippen molar-refractivity contribution in [1.29, 1.82) is 0 Å². The molecule has 0 saturated carbocycles. The molecule has 4 nitrogen and oxygen atoms in total. The summed E-state index contributed by atoms with van der Waals surface area (Å²) in [4.78, 5) is 24.8.